The third kappa shape index (κ3) is 4.08. The Kier molecular flexibility index (Phi) is 6.59. The summed E-state index contributed by atoms with van der Waals surface area (Å²) in [5, 5.41) is 18.0. The molecule has 0 atom stereocenters. The van der Waals surface area contributed by atoms with E-state index in [0.29, 0.717) is 5.56 Å². The minimum absolute atomic E-state index is 0. The largest absolute Gasteiger partial charge is 1.00 e. The van der Waals surface area contributed by atoms with E-state index in [1.807, 2.05) is 20.8 Å². The first-order chi connectivity index (χ1) is 7.64. The summed E-state index contributed by atoms with van der Waals surface area (Å²) in [7, 11) is 0. The maximum absolute atomic E-state index is 11.0. The van der Waals surface area contributed by atoms with Crippen LogP contribution < -0.4 is 51.4 Å². The molecule has 0 radical (unpaired) electrons. The molecule has 0 bridgehead atoms. The van der Waals surface area contributed by atoms with Crippen LogP contribution in [0.2, 0.25) is 0 Å². The Balaban J connectivity index is 0.00000289. The summed E-state index contributed by atoms with van der Waals surface area (Å²) in [5.74, 6) is -2.35. The van der Waals surface area contributed by atoms with Gasteiger partial charge in [0.1, 0.15) is 0 Å². The number of thiol groups is 1. The van der Waals surface area contributed by atoms with Gasteiger partial charge in [-0.05, 0) is 23.1 Å². The molecule has 0 aliphatic carbocycles. The fourth-order valence-corrected chi connectivity index (χ4v) is 1.71. The van der Waals surface area contributed by atoms with Crippen LogP contribution in [0.1, 0.15) is 47.1 Å². The average molecular weight is 293 g/mol. The number of carboxylic acid groups (broad SMARTS) is 2. The molecule has 0 aliphatic heterocycles. The molecule has 1 rings (SSSR count). The molecule has 0 saturated carbocycles. The van der Waals surface area contributed by atoms with Crippen LogP contribution in [0, 0.1) is 0 Å². The van der Waals surface area contributed by atoms with Gasteiger partial charge < -0.3 is 10.2 Å². The molecule has 4 nitrogen and oxygen atoms in total. The van der Waals surface area contributed by atoms with Crippen LogP contribution in [0.25, 0.3) is 0 Å². The Morgan fingerprint density at radius 1 is 1.06 bits per heavy atom. The summed E-state index contributed by atoms with van der Waals surface area (Å²) in [6.07, 6.45) is 0. The van der Waals surface area contributed by atoms with E-state index in [2.05, 4.69) is 12.6 Å². The van der Waals surface area contributed by atoms with Crippen LogP contribution in [0.3, 0.4) is 0 Å². The number of hydrogen-bond donors (Lipinski definition) is 3. The molecule has 0 aliphatic rings. The average Bonchev–Trinajstić information content (AvgIpc) is 2.14. The SMILES string of the molecule is CC(C)(C)c1cc(C(=O)O)c(S)c(C(=O)O)c1.[K+]. The topological polar surface area (TPSA) is 74.6 Å². The second kappa shape index (κ2) is 6.54. The zero-order valence-electron chi connectivity index (χ0n) is 10.8. The van der Waals surface area contributed by atoms with E-state index in [4.69, 9.17) is 10.2 Å². The summed E-state index contributed by atoms with van der Waals surface area (Å²) in [6.45, 7) is 5.66. The van der Waals surface area contributed by atoms with E-state index in [1.165, 1.54) is 12.1 Å². The van der Waals surface area contributed by atoms with Crippen molar-refractivity contribution in [3.63, 3.8) is 0 Å². The second-order valence-electron chi connectivity index (χ2n) is 4.78. The predicted molar refractivity (Wildman–Crippen MR) is 66.3 cm³/mol. The van der Waals surface area contributed by atoms with Gasteiger partial charge in [-0.2, -0.15) is 0 Å². The summed E-state index contributed by atoms with van der Waals surface area (Å²) in [6, 6.07) is 2.94. The molecule has 0 saturated heterocycles. The molecule has 18 heavy (non-hydrogen) atoms. The van der Waals surface area contributed by atoms with Crippen LogP contribution in [-0.4, -0.2) is 22.2 Å². The van der Waals surface area contributed by atoms with E-state index in [9.17, 15) is 9.59 Å². The van der Waals surface area contributed by atoms with Gasteiger partial charge in [-0.15, -0.1) is 12.6 Å². The summed E-state index contributed by atoms with van der Waals surface area (Å²) < 4.78 is 0. The third-order valence-corrected chi connectivity index (χ3v) is 2.92. The first-order valence-corrected chi connectivity index (χ1v) is 5.43. The van der Waals surface area contributed by atoms with Crippen molar-refractivity contribution in [2.45, 2.75) is 31.1 Å². The quantitative estimate of drug-likeness (QED) is 0.516. The van der Waals surface area contributed by atoms with E-state index < -0.39 is 11.9 Å². The number of carboxylic acids is 2. The predicted octanol–water partition coefficient (Wildman–Crippen LogP) is -0.327. The van der Waals surface area contributed by atoms with Crippen molar-refractivity contribution in [3.05, 3.63) is 28.8 Å². The molecular formula is C12H14KO4S+. The van der Waals surface area contributed by atoms with E-state index in [1.54, 1.807) is 0 Å². The Hall–Kier alpha value is 0.146. The summed E-state index contributed by atoms with van der Waals surface area (Å²) >= 11 is 3.97. The maximum Gasteiger partial charge on any atom is 1.00 e. The van der Waals surface area contributed by atoms with E-state index >= 15 is 0 Å². The molecule has 0 aromatic heterocycles. The molecule has 6 heteroatoms. The van der Waals surface area contributed by atoms with Crippen molar-refractivity contribution in [2.75, 3.05) is 0 Å². The molecule has 2 N–H and O–H groups in total. The van der Waals surface area contributed by atoms with Gasteiger partial charge in [0.2, 0.25) is 0 Å². The molecular weight excluding hydrogens is 279 g/mol. The van der Waals surface area contributed by atoms with Crippen molar-refractivity contribution in [2.24, 2.45) is 0 Å². The van der Waals surface area contributed by atoms with E-state index in [0.717, 1.165) is 0 Å². The standard InChI is InChI=1S/C12H14O4S.K/c1-12(2,3)6-4-7(10(13)14)9(17)8(5-6)11(15)16;/h4-5,17H,1-3H3,(H,13,14)(H,15,16);/q;+1. The van der Waals surface area contributed by atoms with Crippen LogP contribution in [-0.2, 0) is 5.41 Å². The molecule has 0 unspecified atom stereocenters. The molecule has 1 aromatic carbocycles. The molecule has 0 amide bonds. The van der Waals surface area contributed by atoms with Crippen molar-refractivity contribution < 1.29 is 71.2 Å². The normalized spacial score (nSPS) is 10.7. The van der Waals surface area contributed by atoms with E-state index in [-0.39, 0.29) is 72.8 Å². The minimum Gasteiger partial charge on any atom is -0.478 e. The molecule has 92 valence electrons. The first kappa shape index (κ1) is 18.1. The number of hydrogen-bond acceptors (Lipinski definition) is 3. The molecule has 0 spiro atoms. The van der Waals surface area contributed by atoms with Crippen molar-refractivity contribution in [1.29, 1.82) is 0 Å². The van der Waals surface area contributed by atoms with Gasteiger partial charge in [0.15, 0.2) is 0 Å². The van der Waals surface area contributed by atoms with Gasteiger partial charge in [0.05, 0.1) is 11.1 Å². The van der Waals surface area contributed by atoms with Gasteiger partial charge in [-0.1, -0.05) is 20.8 Å². The number of benzene rings is 1. The molecule has 0 fully saturated rings. The monoisotopic (exact) mass is 293 g/mol. The Bertz CT molecular complexity index is 456. The zero-order valence-corrected chi connectivity index (χ0v) is 14.8. The van der Waals surface area contributed by atoms with Crippen LogP contribution in [0.5, 0.6) is 0 Å². The molecule has 0 heterocycles. The fraction of sp³-hybridized carbons (Fsp3) is 0.333. The van der Waals surface area contributed by atoms with Gasteiger partial charge in [0.25, 0.3) is 0 Å². The van der Waals surface area contributed by atoms with Gasteiger partial charge in [0, 0.05) is 4.90 Å². The van der Waals surface area contributed by atoms with Gasteiger partial charge in [-0.25, -0.2) is 9.59 Å². The van der Waals surface area contributed by atoms with Gasteiger partial charge in [-0.3, -0.25) is 0 Å². The van der Waals surface area contributed by atoms with Crippen molar-refractivity contribution >= 4 is 24.6 Å². The van der Waals surface area contributed by atoms with Crippen LogP contribution >= 0.6 is 12.6 Å². The zero-order chi connectivity index (χ0) is 13.4. The number of carbonyl (C=O) groups is 2. The van der Waals surface area contributed by atoms with Crippen LogP contribution in [0.4, 0.5) is 0 Å². The Morgan fingerprint density at radius 2 is 1.39 bits per heavy atom. The Morgan fingerprint density at radius 3 is 1.61 bits per heavy atom. The summed E-state index contributed by atoms with van der Waals surface area (Å²) in [4.78, 5) is 22.1. The minimum atomic E-state index is -1.18. The molecule has 1 aromatic rings. The number of aromatic carboxylic acids is 2. The summed E-state index contributed by atoms with van der Waals surface area (Å²) in [5.41, 5.74) is 0.164. The van der Waals surface area contributed by atoms with Gasteiger partial charge >= 0.3 is 63.3 Å². The van der Waals surface area contributed by atoms with Crippen LogP contribution in [0.15, 0.2) is 17.0 Å². The van der Waals surface area contributed by atoms with Crippen molar-refractivity contribution in [1.82, 2.24) is 0 Å². The Labute approximate surface area is 154 Å². The smallest absolute Gasteiger partial charge is 0.478 e. The maximum atomic E-state index is 11.0. The first-order valence-electron chi connectivity index (χ1n) is 4.98. The number of rotatable bonds is 2. The third-order valence-electron chi connectivity index (χ3n) is 2.44. The van der Waals surface area contributed by atoms with Crippen molar-refractivity contribution in [3.8, 4) is 0 Å². The fourth-order valence-electron chi connectivity index (χ4n) is 1.39. The second-order valence-corrected chi connectivity index (χ2v) is 5.23.